The van der Waals surface area contributed by atoms with E-state index in [1.807, 2.05) is 0 Å². The molecule has 3 aromatic carbocycles. The topological polar surface area (TPSA) is 95.9 Å². The number of anilines is 1. The third-order valence-electron chi connectivity index (χ3n) is 9.34. The number of carboxylic acids is 1. The summed E-state index contributed by atoms with van der Waals surface area (Å²) < 4.78 is 45.6. The van der Waals surface area contributed by atoms with E-state index < -0.39 is 52.9 Å². The van der Waals surface area contributed by atoms with Crippen molar-refractivity contribution in [1.82, 2.24) is 5.32 Å². The summed E-state index contributed by atoms with van der Waals surface area (Å²) in [5.74, 6) is -4.08. The molecule has 3 aromatic rings. The van der Waals surface area contributed by atoms with Crippen LogP contribution < -0.4 is 15.0 Å². The van der Waals surface area contributed by atoms with Gasteiger partial charge in [-0.25, -0.2) is 4.90 Å². The molecule has 0 aromatic heterocycles. The van der Waals surface area contributed by atoms with Gasteiger partial charge in [0.2, 0.25) is 11.8 Å². The van der Waals surface area contributed by atoms with Crippen LogP contribution in [0.15, 0.2) is 72.8 Å². The number of halogens is 3. The average molecular weight is 607 g/mol. The van der Waals surface area contributed by atoms with Gasteiger partial charge in [-0.05, 0) is 66.8 Å². The van der Waals surface area contributed by atoms with E-state index in [1.165, 1.54) is 12.1 Å². The molecular formula is C34H33F3N2O5. The number of hydrogen-bond donors (Lipinski definition) is 2. The number of alkyl halides is 3. The number of imide groups is 1. The molecule has 4 atom stereocenters. The lowest BCUT2D eigenvalue weighted by Gasteiger charge is -2.35. The second-order valence-electron chi connectivity index (χ2n) is 12.1. The smallest absolute Gasteiger partial charge is 0.416 e. The van der Waals surface area contributed by atoms with Crippen molar-refractivity contribution in [1.29, 1.82) is 0 Å². The average Bonchev–Trinajstić information content (AvgIpc) is 3.47. The quantitative estimate of drug-likeness (QED) is 0.280. The summed E-state index contributed by atoms with van der Waals surface area (Å²) in [6.07, 6.45) is 0.410. The lowest BCUT2D eigenvalue weighted by atomic mass is 9.72. The zero-order chi connectivity index (χ0) is 31.2. The van der Waals surface area contributed by atoms with Gasteiger partial charge in [-0.3, -0.25) is 19.7 Å². The zero-order valence-electron chi connectivity index (χ0n) is 24.1. The minimum absolute atomic E-state index is 0.0238. The molecule has 230 valence electrons. The Morgan fingerprint density at radius 2 is 1.64 bits per heavy atom. The number of rotatable bonds is 7. The molecule has 0 radical (unpaired) electrons. The Bertz CT molecular complexity index is 1600. The van der Waals surface area contributed by atoms with Crippen molar-refractivity contribution >= 4 is 23.5 Å². The Kier molecular flexibility index (Phi) is 7.73. The lowest BCUT2D eigenvalue weighted by molar-refractivity contribution is -0.150. The maximum atomic E-state index is 14.2. The number of nitrogens with zero attached hydrogens (tertiary/aromatic N) is 1. The van der Waals surface area contributed by atoms with Gasteiger partial charge < -0.3 is 9.84 Å². The van der Waals surface area contributed by atoms with Crippen LogP contribution in [0, 0.1) is 24.7 Å². The Morgan fingerprint density at radius 1 is 0.955 bits per heavy atom. The Morgan fingerprint density at radius 3 is 2.32 bits per heavy atom. The van der Waals surface area contributed by atoms with Gasteiger partial charge in [0.05, 0.1) is 23.1 Å². The predicted molar refractivity (Wildman–Crippen MR) is 156 cm³/mol. The van der Waals surface area contributed by atoms with E-state index in [9.17, 15) is 32.7 Å². The maximum Gasteiger partial charge on any atom is 0.416 e. The Labute approximate surface area is 253 Å². The Hall–Kier alpha value is -4.18. The van der Waals surface area contributed by atoms with E-state index >= 15 is 0 Å². The molecule has 0 bridgehead atoms. The van der Waals surface area contributed by atoms with Crippen LogP contribution in [0.1, 0.15) is 61.3 Å². The number of carbonyl (C=O) groups excluding carboxylic acids is 2. The van der Waals surface area contributed by atoms with Crippen molar-refractivity contribution in [2.75, 3.05) is 4.90 Å². The van der Waals surface area contributed by atoms with Crippen LogP contribution in [0.2, 0.25) is 0 Å². The third-order valence-corrected chi connectivity index (χ3v) is 9.34. The van der Waals surface area contributed by atoms with Crippen molar-refractivity contribution in [3.8, 4) is 11.5 Å². The number of carbonyl (C=O) groups is 3. The van der Waals surface area contributed by atoms with Crippen molar-refractivity contribution in [3.63, 3.8) is 0 Å². The maximum absolute atomic E-state index is 14.2. The molecule has 10 heteroatoms. The molecule has 4 unspecified atom stereocenters. The number of amides is 2. The molecule has 3 fully saturated rings. The first kappa shape index (κ1) is 29.9. The van der Waals surface area contributed by atoms with Crippen molar-refractivity contribution in [2.45, 2.75) is 63.2 Å². The van der Waals surface area contributed by atoms with Gasteiger partial charge in [0.1, 0.15) is 17.0 Å². The molecular weight excluding hydrogens is 573 g/mol. The molecule has 7 nitrogen and oxygen atoms in total. The second-order valence-corrected chi connectivity index (χ2v) is 12.1. The molecule has 44 heavy (non-hydrogen) atoms. The number of aliphatic carboxylic acids is 1. The van der Waals surface area contributed by atoms with E-state index in [0.717, 1.165) is 49.1 Å². The number of aryl methyl sites for hydroxylation is 1. The summed E-state index contributed by atoms with van der Waals surface area (Å²) in [5, 5.41) is 14.1. The van der Waals surface area contributed by atoms with Gasteiger partial charge in [-0.1, -0.05) is 68.5 Å². The molecule has 2 aliphatic heterocycles. The first-order valence-electron chi connectivity index (χ1n) is 14.9. The largest absolute Gasteiger partial charge is 0.480 e. The summed E-state index contributed by atoms with van der Waals surface area (Å²) in [4.78, 5) is 42.8. The van der Waals surface area contributed by atoms with E-state index in [1.54, 1.807) is 55.5 Å². The minimum Gasteiger partial charge on any atom is -0.480 e. The molecule has 3 aliphatic rings. The van der Waals surface area contributed by atoms with Gasteiger partial charge in [0.25, 0.3) is 0 Å². The van der Waals surface area contributed by atoms with Crippen LogP contribution in [0.4, 0.5) is 18.9 Å². The van der Waals surface area contributed by atoms with Crippen LogP contribution in [0.25, 0.3) is 0 Å². The van der Waals surface area contributed by atoms with Crippen molar-refractivity contribution < 1.29 is 37.4 Å². The molecule has 1 aliphatic carbocycles. The number of benzene rings is 3. The van der Waals surface area contributed by atoms with Crippen molar-refractivity contribution in [2.24, 2.45) is 17.8 Å². The summed E-state index contributed by atoms with van der Waals surface area (Å²) >= 11 is 0. The third kappa shape index (κ3) is 5.25. The molecule has 6 rings (SSSR count). The number of ether oxygens (including phenoxy) is 1. The van der Waals surface area contributed by atoms with Gasteiger partial charge in [0.15, 0.2) is 0 Å². The molecule has 2 saturated heterocycles. The standard InChI is InChI=1S/C34H33F3N2O5/c1-20-9-5-6-16-26(20)39-30(40)27-28(31(39)41)33(32(42)43,19-21-10-3-2-4-11-21)38-29(27)22-12-7-14-24(17-22)44-25-15-8-13-23(18-25)34(35,36)37/h5-9,12-18,21,27-29,38H,2-4,10-11,19H2,1H3,(H,42,43). The summed E-state index contributed by atoms with van der Waals surface area (Å²) in [6.45, 7) is 1.79. The van der Waals surface area contributed by atoms with Gasteiger partial charge in [0, 0.05) is 6.04 Å². The highest BCUT2D eigenvalue weighted by atomic mass is 19.4. The first-order valence-corrected chi connectivity index (χ1v) is 14.9. The van der Waals surface area contributed by atoms with Crippen LogP contribution in [-0.4, -0.2) is 28.4 Å². The van der Waals surface area contributed by atoms with Crippen LogP contribution in [0.5, 0.6) is 11.5 Å². The fourth-order valence-corrected chi connectivity index (χ4v) is 7.30. The summed E-state index contributed by atoms with van der Waals surface area (Å²) in [6, 6.07) is 17.2. The molecule has 2 N–H and O–H groups in total. The number of para-hydroxylation sites is 1. The fraction of sp³-hybridized carbons (Fsp3) is 0.382. The molecule has 1 saturated carbocycles. The van der Waals surface area contributed by atoms with E-state index in [-0.39, 0.29) is 23.8 Å². The van der Waals surface area contributed by atoms with Crippen LogP contribution in [0.3, 0.4) is 0 Å². The number of fused-ring (bicyclic) bond motifs is 1. The second kappa shape index (κ2) is 11.4. The fourth-order valence-electron chi connectivity index (χ4n) is 7.30. The lowest BCUT2D eigenvalue weighted by Crippen LogP contribution is -2.57. The van der Waals surface area contributed by atoms with Crippen LogP contribution >= 0.6 is 0 Å². The summed E-state index contributed by atoms with van der Waals surface area (Å²) in [5.41, 5.74) is -0.896. The van der Waals surface area contributed by atoms with E-state index in [4.69, 9.17) is 4.74 Å². The number of nitrogens with one attached hydrogen (secondary N) is 1. The molecule has 2 heterocycles. The number of hydrogen-bond acceptors (Lipinski definition) is 5. The van der Waals surface area contributed by atoms with E-state index in [0.29, 0.717) is 16.8 Å². The number of carboxylic acid groups (broad SMARTS) is 1. The van der Waals surface area contributed by atoms with Gasteiger partial charge in [-0.15, -0.1) is 0 Å². The van der Waals surface area contributed by atoms with Crippen molar-refractivity contribution in [3.05, 3.63) is 89.5 Å². The SMILES string of the molecule is Cc1ccccc1N1C(=O)C2C(c3cccc(Oc4cccc(C(F)(F)F)c4)c3)NC(CC3CCCCC3)(C(=O)O)C2C1=O. The molecule has 2 amide bonds. The predicted octanol–water partition coefficient (Wildman–Crippen LogP) is 7.05. The highest BCUT2D eigenvalue weighted by Crippen LogP contribution is 2.53. The monoisotopic (exact) mass is 606 g/mol. The summed E-state index contributed by atoms with van der Waals surface area (Å²) in [7, 11) is 0. The highest BCUT2D eigenvalue weighted by Gasteiger charge is 2.69. The normalized spacial score (nSPS) is 25.7. The van der Waals surface area contributed by atoms with E-state index in [2.05, 4.69) is 5.32 Å². The minimum atomic E-state index is -4.54. The Balaban J connectivity index is 1.40. The molecule has 0 spiro atoms. The van der Waals surface area contributed by atoms with Crippen LogP contribution in [-0.2, 0) is 20.6 Å². The van der Waals surface area contributed by atoms with Gasteiger partial charge in [-0.2, -0.15) is 13.2 Å². The highest BCUT2D eigenvalue weighted by molar-refractivity contribution is 6.24. The van der Waals surface area contributed by atoms with Gasteiger partial charge >= 0.3 is 12.1 Å². The zero-order valence-corrected chi connectivity index (χ0v) is 24.1. The first-order chi connectivity index (χ1) is 21.0.